The van der Waals surface area contributed by atoms with Crippen molar-refractivity contribution in [2.75, 3.05) is 6.61 Å². The molecule has 0 bridgehead atoms. The zero-order valence-electron chi connectivity index (χ0n) is 11.5. The Hall–Kier alpha value is -1.81. The number of halogens is 1. The number of alkyl halides is 1. The molecule has 4 heteroatoms. The summed E-state index contributed by atoms with van der Waals surface area (Å²) in [7, 11) is 0. The molecule has 0 saturated carbocycles. The van der Waals surface area contributed by atoms with Crippen LogP contribution in [0.25, 0.3) is 0 Å². The van der Waals surface area contributed by atoms with E-state index in [1.54, 1.807) is 0 Å². The molecule has 0 aromatic heterocycles. The first-order chi connectivity index (χ1) is 10.3. The van der Waals surface area contributed by atoms with Gasteiger partial charge >= 0.3 is 0 Å². The van der Waals surface area contributed by atoms with E-state index in [1.165, 1.54) is 5.56 Å². The Morgan fingerprint density at radius 2 is 1.86 bits per heavy atom. The largest absolute Gasteiger partial charge is 0.492 e. The smallest absolute Gasteiger partial charge is 0.231 e. The van der Waals surface area contributed by atoms with Crippen LogP contribution < -0.4 is 10.1 Å². The number of ether oxygens (including phenoxy) is 1. The molecule has 2 aromatic rings. The summed E-state index contributed by atoms with van der Waals surface area (Å²) in [6, 6.07) is 15.9. The van der Waals surface area contributed by atoms with Gasteiger partial charge in [-0.2, -0.15) is 0 Å². The first-order valence-electron chi connectivity index (χ1n) is 6.91. The molecule has 3 nitrogen and oxygen atoms in total. The quantitative estimate of drug-likeness (QED) is 0.862. The van der Waals surface area contributed by atoms with Crippen LogP contribution in [0, 0.1) is 0 Å². The van der Waals surface area contributed by atoms with E-state index >= 15 is 0 Å². The highest BCUT2D eigenvalue weighted by Gasteiger charge is 2.29. The maximum absolute atomic E-state index is 12.3. The van der Waals surface area contributed by atoms with Gasteiger partial charge in [0.05, 0.1) is 0 Å². The Labute approximate surface area is 132 Å². The number of hydrogen-bond donors (Lipinski definition) is 1. The second-order valence-electron chi connectivity index (χ2n) is 5.07. The first-order valence-corrected chi connectivity index (χ1v) is 8.03. The minimum absolute atomic E-state index is 0.0181. The van der Waals surface area contributed by atoms with E-state index in [4.69, 9.17) is 4.74 Å². The second kappa shape index (κ2) is 6.31. The summed E-state index contributed by atoms with van der Waals surface area (Å²) >= 11 is 3.42. The summed E-state index contributed by atoms with van der Waals surface area (Å²) in [4.78, 5) is 12.3. The topological polar surface area (TPSA) is 38.3 Å². The molecule has 1 aliphatic heterocycles. The van der Waals surface area contributed by atoms with Crippen LogP contribution in [-0.4, -0.2) is 12.5 Å². The molecule has 1 unspecified atom stereocenters. The van der Waals surface area contributed by atoms with Gasteiger partial charge in [-0.3, -0.25) is 4.79 Å². The van der Waals surface area contributed by atoms with Crippen molar-refractivity contribution in [3.63, 3.8) is 0 Å². The molecular weight excluding hydrogens is 330 g/mol. The summed E-state index contributed by atoms with van der Waals surface area (Å²) in [5.74, 6) is 0.631. The van der Waals surface area contributed by atoms with Gasteiger partial charge in [0.15, 0.2) is 0 Å². The summed E-state index contributed by atoms with van der Waals surface area (Å²) in [6.45, 7) is 0.966. The van der Waals surface area contributed by atoms with Crippen LogP contribution in [0.2, 0.25) is 0 Å². The summed E-state index contributed by atoms with van der Waals surface area (Å²) in [5, 5.41) is 3.83. The third-order valence-electron chi connectivity index (χ3n) is 3.66. The van der Waals surface area contributed by atoms with Crippen LogP contribution in [0.5, 0.6) is 5.75 Å². The number of benzene rings is 2. The SMILES string of the molecule is O=C(NCc1ccc(CBr)cc1)C1COc2ccccc21. The molecule has 1 atom stereocenters. The number of carbonyl (C=O) groups excluding carboxylic acids is 1. The molecule has 0 saturated heterocycles. The van der Waals surface area contributed by atoms with E-state index in [0.29, 0.717) is 13.2 Å². The van der Waals surface area contributed by atoms with E-state index < -0.39 is 0 Å². The zero-order chi connectivity index (χ0) is 14.7. The van der Waals surface area contributed by atoms with Gasteiger partial charge in [-0.05, 0) is 17.2 Å². The molecule has 1 heterocycles. The van der Waals surface area contributed by atoms with Crippen LogP contribution in [-0.2, 0) is 16.7 Å². The highest BCUT2D eigenvalue weighted by Crippen LogP contribution is 2.33. The number of carbonyl (C=O) groups is 1. The third-order valence-corrected chi connectivity index (χ3v) is 4.31. The maximum Gasteiger partial charge on any atom is 0.231 e. The van der Waals surface area contributed by atoms with Crippen LogP contribution in [0.4, 0.5) is 0 Å². The van der Waals surface area contributed by atoms with Gasteiger partial charge in [0.25, 0.3) is 0 Å². The van der Waals surface area contributed by atoms with E-state index in [2.05, 4.69) is 33.4 Å². The lowest BCUT2D eigenvalue weighted by Gasteiger charge is -2.10. The fourth-order valence-electron chi connectivity index (χ4n) is 2.44. The molecule has 0 spiro atoms. The van der Waals surface area contributed by atoms with E-state index in [-0.39, 0.29) is 11.8 Å². The average Bonchev–Trinajstić information content (AvgIpc) is 2.97. The van der Waals surface area contributed by atoms with E-state index in [1.807, 2.05) is 36.4 Å². The summed E-state index contributed by atoms with van der Waals surface area (Å²) < 4.78 is 5.55. The molecule has 1 N–H and O–H groups in total. The molecule has 21 heavy (non-hydrogen) atoms. The van der Waals surface area contributed by atoms with Gasteiger partial charge in [-0.25, -0.2) is 0 Å². The fraction of sp³-hybridized carbons (Fsp3) is 0.235. The maximum atomic E-state index is 12.3. The number of hydrogen-bond acceptors (Lipinski definition) is 2. The number of nitrogens with one attached hydrogen (secondary N) is 1. The van der Waals surface area contributed by atoms with E-state index in [0.717, 1.165) is 22.2 Å². The number of fused-ring (bicyclic) bond motifs is 1. The lowest BCUT2D eigenvalue weighted by Crippen LogP contribution is -2.29. The normalized spacial score (nSPS) is 16.1. The Morgan fingerprint density at radius 1 is 1.14 bits per heavy atom. The highest BCUT2D eigenvalue weighted by atomic mass is 79.9. The molecule has 0 fully saturated rings. The van der Waals surface area contributed by atoms with Crippen LogP contribution in [0.3, 0.4) is 0 Å². The zero-order valence-corrected chi connectivity index (χ0v) is 13.1. The lowest BCUT2D eigenvalue weighted by atomic mass is 10.0. The molecule has 1 aliphatic rings. The van der Waals surface area contributed by atoms with Crippen molar-refractivity contribution in [2.45, 2.75) is 17.8 Å². The fourth-order valence-corrected chi connectivity index (χ4v) is 2.81. The van der Waals surface area contributed by atoms with Gasteiger partial charge in [-0.15, -0.1) is 0 Å². The average molecular weight is 346 g/mol. The predicted octanol–water partition coefficient (Wildman–Crippen LogP) is 3.37. The molecule has 0 radical (unpaired) electrons. The number of rotatable bonds is 4. The minimum atomic E-state index is -0.206. The van der Waals surface area contributed by atoms with Gasteiger partial charge in [0.1, 0.15) is 18.3 Å². The highest BCUT2D eigenvalue weighted by molar-refractivity contribution is 9.08. The monoisotopic (exact) mass is 345 g/mol. The van der Waals surface area contributed by atoms with Gasteiger partial charge < -0.3 is 10.1 Å². The molecule has 108 valence electrons. The number of amides is 1. The Kier molecular flexibility index (Phi) is 4.25. The lowest BCUT2D eigenvalue weighted by molar-refractivity contribution is -0.122. The molecule has 2 aromatic carbocycles. The molecule has 3 rings (SSSR count). The van der Waals surface area contributed by atoms with Crippen molar-refractivity contribution in [1.82, 2.24) is 5.32 Å². The van der Waals surface area contributed by atoms with Gasteiger partial charge in [0, 0.05) is 17.4 Å². The number of para-hydroxylation sites is 1. The van der Waals surface area contributed by atoms with Crippen molar-refractivity contribution in [1.29, 1.82) is 0 Å². The standard InChI is InChI=1S/C17H16BrNO2/c18-9-12-5-7-13(8-6-12)10-19-17(20)15-11-21-16-4-2-1-3-14(15)16/h1-8,15H,9-11H2,(H,19,20). The van der Waals surface area contributed by atoms with Gasteiger partial charge in [0.2, 0.25) is 5.91 Å². The van der Waals surface area contributed by atoms with Crippen molar-refractivity contribution < 1.29 is 9.53 Å². The second-order valence-corrected chi connectivity index (χ2v) is 5.63. The molecular formula is C17H16BrNO2. The van der Waals surface area contributed by atoms with Crippen LogP contribution in [0.15, 0.2) is 48.5 Å². The van der Waals surface area contributed by atoms with E-state index in [9.17, 15) is 4.79 Å². The molecule has 0 aliphatic carbocycles. The first kappa shape index (κ1) is 14.1. The van der Waals surface area contributed by atoms with Crippen molar-refractivity contribution >= 4 is 21.8 Å². The summed E-state index contributed by atoms with van der Waals surface area (Å²) in [5.41, 5.74) is 3.30. The van der Waals surface area contributed by atoms with Crippen molar-refractivity contribution in [3.8, 4) is 5.75 Å². The predicted molar refractivity (Wildman–Crippen MR) is 85.6 cm³/mol. The van der Waals surface area contributed by atoms with Crippen LogP contribution >= 0.6 is 15.9 Å². The van der Waals surface area contributed by atoms with Gasteiger partial charge in [-0.1, -0.05) is 58.4 Å². The third kappa shape index (κ3) is 3.10. The minimum Gasteiger partial charge on any atom is -0.492 e. The summed E-state index contributed by atoms with van der Waals surface area (Å²) in [6.07, 6.45) is 0. The Bertz CT molecular complexity index is 639. The Balaban J connectivity index is 1.62. The van der Waals surface area contributed by atoms with Crippen LogP contribution in [0.1, 0.15) is 22.6 Å². The molecule has 1 amide bonds. The van der Waals surface area contributed by atoms with Crippen molar-refractivity contribution in [3.05, 3.63) is 65.2 Å². The Morgan fingerprint density at radius 3 is 2.62 bits per heavy atom. The van der Waals surface area contributed by atoms with Crippen molar-refractivity contribution in [2.24, 2.45) is 0 Å².